The van der Waals surface area contributed by atoms with Crippen LogP contribution in [0.3, 0.4) is 0 Å². The van der Waals surface area contributed by atoms with Crippen molar-refractivity contribution in [3.05, 3.63) is 43.4 Å². The maximum absolute atomic E-state index is 3.74. The summed E-state index contributed by atoms with van der Waals surface area (Å²) in [5.74, 6) is 0. The predicted molar refractivity (Wildman–Crippen MR) is 52.3 cm³/mol. The lowest BCUT2D eigenvalue weighted by Crippen LogP contribution is -1.78. The highest BCUT2D eigenvalue weighted by Gasteiger charge is 1.88. The molecular weight excluding hydrogens is 132 g/mol. The first-order chi connectivity index (χ1) is 5.35. The fourth-order valence-electron chi connectivity index (χ4n) is 0.826. The van der Waals surface area contributed by atoms with Crippen molar-refractivity contribution in [1.82, 2.24) is 0 Å². The largest absolute Gasteiger partial charge is 0.102 e. The van der Waals surface area contributed by atoms with Gasteiger partial charge in [0, 0.05) is 6.42 Å². The Labute approximate surface area is 70.3 Å². The van der Waals surface area contributed by atoms with Gasteiger partial charge in [0.05, 0.1) is 0 Å². The molecule has 0 rings (SSSR count). The third-order valence-electron chi connectivity index (χ3n) is 1.53. The van der Waals surface area contributed by atoms with Crippen molar-refractivity contribution in [2.75, 3.05) is 0 Å². The van der Waals surface area contributed by atoms with E-state index in [9.17, 15) is 0 Å². The van der Waals surface area contributed by atoms with E-state index in [-0.39, 0.29) is 0 Å². The second-order valence-corrected chi connectivity index (χ2v) is 2.48. The topological polar surface area (TPSA) is 0 Å². The molecule has 0 aliphatic rings. The SMILES string of the molecule is C=C[CH]/C=C(\C=C)CCCC. The van der Waals surface area contributed by atoms with Gasteiger partial charge < -0.3 is 0 Å². The molecule has 1 radical (unpaired) electrons. The Hall–Kier alpha value is -0.780. The summed E-state index contributed by atoms with van der Waals surface area (Å²) in [6.45, 7) is 9.55. The van der Waals surface area contributed by atoms with Crippen LogP contribution in [-0.2, 0) is 0 Å². The highest BCUT2D eigenvalue weighted by molar-refractivity contribution is 5.22. The average Bonchev–Trinajstić information content (AvgIpc) is 2.05. The van der Waals surface area contributed by atoms with E-state index in [0.29, 0.717) is 0 Å². The van der Waals surface area contributed by atoms with Crippen LogP contribution in [0.5, 0.6) is 0 Å². The Bertz CT molecular complexity index is 140. The van der Waals surface area contributed by atoms with Crippen LogP contribution in [0.15, 0.2) is 37.0 Å². The molecule has 0 aliphatic heterocycles. The summed E-state index contributed by atoms with van der Waals surface area (Å²) < 4.78 is 0. The van der Waals surface area contributed by atoms with Gasteiger partial charge in [-0.2, -0.15) is 0 Å². The Balaban J connectivity index is 3.72. The lowest BCUT2D eigenvalue weighted by molar-refractivity contribution is 0.798. The van der Waals surface area contributed by atoms with Gasteiger partial charge in [0.1, 0.15) is 0 Å². The summed E-state index contributed by atoms with van der Waals surface area (Å²) in [5.41, 5.74) is 1.30. The maximum Gasteiger partial charge on any atom is 0.00474 e. The molecule has 0 aromatic rings. The molecule has 0 heteroatoms. The number of rotatable bonds is 6. The molecule has 0 N–H and O–H groups in total. The van der Waals surface area contributed by atoms with Crippen LogP contribution in [0, 0.1) is 6.42 Å². The zero-order valence-electron chi connectivity index (χ0n) is 7.34. The van der Waals surface area contributed by atoms with E-state index in [0.717, 1.165) is 6.42 Å². The fourth-order valence-corrected chi connectivity index (χ4v) is 0.826. The van der Waals surface area contributed by atoms with Gasteiger partial charge in [-0.25, -0.2) is 0 Å². The molecule has 0 heterocycles. The van der Waals surface area contributed by atoms with E-state index in [1.165, 1.54) is 18.4 Å². The Morgan fingerprint density at radius 1 is 1.36 bits per heavy atom. The minimum Gasteiger partial charge on any atom is -0.102 e. The lowest BCUT2D eigenvalue weighted by atomic mass is 10.1. The minimum atomic E-state index is 1.13. The van der Waals surface area contributed by atoms with Gasteiger partial charge in [-0.3, -0.25) is 0 Å². The van der Waals surface area contributed by atoms with Gasteiger partial charge in [-0.1, -0.05) is 43.7 Å². The number of hydrogen-bond acceptors (Lipinski definition) is 0. The molecule has 0 aromatic carbocycles. The first kappa shape index (κ1) is 10.2. The molecule has 0 saturated heterocycles. The summed E-state index contributed by atoms with van der Waals surface area (Å²) >= 11 is 0. The molecule has 0 bridgehead atoms. The first-order valence-electron chi connectivity index (χ1n) is 4.12. The summed E-state index contributed by atoms with van der Waals surface area (Å²) in [7, 11) is 0. The third-order valence-corrected chi connectivity index (χ3v) is 1.53. The molecule has 11 heavy (non-hydrogen) atoms. The van der Waals surface area contributed by atoms with Crippen molar-refractivity contribution in [1.29, 1.82) is 0 Å². The Morgan fingerprint density at radius 2 is 2.09 bits per heavy atom. The molecule has 0 amide bonds. The normalized spacial score (nSPS) is 11.2. The number of unbranched alkanes of at least 4 members (excludes halogenated alkanes) is 1. The van der Waals surface area contributed by atoms with E-state index in [1.54, 1.807) is 6.08 Å². The summed E-state index contributed by atoms with van der Waals surface area (Å²) in [6, 6.07) is 0. The van der Waals surface area contributed by atoms with Gasteiger partial charge in [0.15, 0.2) is 0 Å². The molecule has 0 nitrogen and oxygen atoms in total. The maximum atomic E-state index is 3.74. The predicted octanol–water partition coefficient (Wildman–Crippen LogP) is 3.68. The second-order valence-electron chi connectivity index (χ2n) is 2.48. The van der Waals surface area contributed by atoms with Gasteiger partial charge in [-0.15, -0.1) is 6.58 Å². The van der Waals surface area contributed by atoms with Crippen LogP contribution < -0.4 is 0 Å². The van der Waals surface area contributed by atoms with E-state index in [1.807, 2.05) is 12.5 Å². The van der Waals surface area contributed by atoms with Gasteiger partial charge in [0.2, 0.25) is 0 Å². The van der Waals surface area contributed by atoms with Crippen molar-refractivity contribution < 1.29 is 0 Å². The third kappa shape index (κ3) is 5.65. The zero-order valence-corrected chi connectivity index (χ0v) is 7.34. The molecule has 0 unspecified atom stereocenters. The quantitative estimate of drug-likeness (QED) is 0.505. The summed E-state index contributed by atoms with van der Waals surface area (Å²) in [5, 5.41) is 0. The summed E-state index contributed by atoms with van der Waals surface area (Å²) in [4.78, 5) is 0. The smallest absolute Gasteiger partial charge is 0.00474 e. The number of hydrogen-bond donors (Lipinski definition) is 0. The molecule has 0 aromatic heterocycles. The van der Waals surface area contributed by atoms with E-state index in [4.69, 9.17) is 0 Å². The first-order valence-corrected chi connectivity index (χ1v) is 4.12. The Morgan fingerprint density at radius 3 is 2.55 bits per heavy atom. The summed E-state index contributed by atoms with van der Waals surface area (Å²) in [6.07, 6.45) is 11.3. The van der Waals surface area contributed by atoms with Crippen LogP contribution >= 0.6 is 0 Å². The second kappa shape index (κ2) is 7.33. The molecular formula is C11H17. The van der Waals surface area contributed by atoms with E-state index in [2.05, 4.69) is 26.2 Å². The van der Waals surface area contributed by atoms with Crippen molar-refractivity contribution in [3.63, 3.8) is 0 Å². The van der Waals surface area contributed by atoms with Crippen LogP contribution in [-0.4, -0.2) is 0 Å². The van der Waals surface area contributed by atoms with Crippen molar-refractivity contribution in [2.45, 2.75) is 26.2 Å². The Kier molecular flexibility index (Phi) is 6.81. The standard InChI is InChI=1S/C11H17/c1-4-7-9-11(6-3)10-8-5-2/h4,6-7,9H,1,3,5,8,10H2,2H3/b11-9+. The number of allylic oxidation sites excluding steroid dienone is 4. The molecule has 0 spiro atoms. The molecule has 0 aliphatic carbocycles. The van der Waals surface area contributed by atoms with Crippen LogP contribution in [0.2, 0.25) is 0 Å². The van der Waals surface area contributed by atoms with Gasteiger partial charge >= 0.3 is 0 Å². The van der Waals surface area contributed by atoms with Gasteiger partial charge in [0.25, 0.3) is 0 Å². The monoisotopic (exact) mass is 149 g/mol. The zero-order chi connectivity index (χ0) is 8.53. The minimum absolute atomic E-state index is 1.13. The molecule has 0 fully saturated rings. The van der Waals surface area contributed by atoms with Crippen molar-refractivity contribution in [2.24, 2.45) is 0 Å². The highest BCUT2D eigenvalue weighted by atomic mass is 13.9. The van der Waals surface area contributed by atoms with Gasteiger partial charge in [-0.05, 0) is 12.8 Å². The van der Waals surface area contributed by atoms with E-state index < -0.39 is 0 Å². The van der Waals surface area contributed by atoms with Crippen molar-refractivity contribution >= 4 is 0 Å². The lowest BCUT2D eigenvalue weighted by Gasteiger charge is -1.98. The van der Waals surface area contributed by atoms with Crippen LogP contribution in [0.1, 0.15) is 26.2 Å². The average molecular weight is 149 g/mol. The van der Waals surface area contributed by atoms with Crippen LogP contribution in [0.4, 0.5) is 0 Å². The van der Waals surface area contributed by atoms with Crippen molar-refractivity contribution in [3.8, 4) is 0 Å². The van der Waals surface area contributed by atoms with E-state index >= 15 is 0 Å². The highest BCUT2D eigenvalue weighted by Crippen LogP contribution is 2.08. The fraction of sp³-hybridized carbons (Fsp3) is 0.364. The molecule has 0 saturated carbocycles. The van der Waals surface area contributed by atoms with Crippen LogP contribution in [0.25, 0.3) is 0 Å². The molecule has 61 valence electrons. The molecule has 0 atom stereocenters.